The Balaban J connectivity index is 1.45. The highest BCUT2D eigenvalue weighted by molar-refractivity contribution is 6.06. The molecule has 1 atom stereocenters. The molecule has 3 aromatic rings. The molecule has 4 rings (SSSR count). The van der Waals surface area contributed by atoms with Gasteiger partial charge < -0.3 is 46.7 Å². The molecule has 1 aliphatic rings. The van der Waals surface area contributed by atoms with E-state index >= 15 is 0 Å². The summed E-state index contributed by atoms with van der Waals surface area (Å²) in [5.74, 6) is -3.45. The normalized spacial score (nSPS) is 16.1. The average molecular weight is 716 g/mol. The Labute approximate surface area is 299 Å². The van der Waals surface area contributed by atoms with E-state index in [4.69, 9.17) is 9.47 Å². The monoisotopic (exact) mass is 715 g/mol. The molecule has 0 aliphatic carbocycles. The molecule has 16 heteroatoms. The van der Waals surface area contributed by atoms with Gasteiger partial charge in [0.1, 0.15) is 25.0 Å². The van der Waals surface area contributed by atoms with Crippen molar-refractivity contribution in [3.63, 3.8) is 0 Å². The van der Waals surface area contributed by atoms with Crippen LogP contribution in [-0.2, 0) is 41.9 Å². The molecule has 0 fully saturated rings. The molecule has 16 nitrogen and oxygen atoms in total. The number of unbranched alkanes of at least 4 members (excludes halogenated alkanes) is 1. The van der Waals surface area contributed by atoms with E-state index < -0.39 is 73.8 Å². The van der Waals surface area contributed by atoms with Crippen LogP contribution in [0.3, 0.4) is 0 Å². The number of benzene rings is 3. The Kier molecular flexibility index (Phi) is 15.0. The van der Waals surface area contributed by atoms with Crippen LogP contribution in [0.25, 0.3) is 0 Å². The minimum Gasteiger partial charge on any atom is -0.489 e. The lowest BCUT2D eigenvalue weighted by Crippen LogP contribution is -2.49. The number of hydrogen-bond donors (Lipinski definition) is 7. The summed E-state index contributed by atoms with van der Waals surface area (Å²) in [6.07, 6.45) is 0.346. The van der Waals surface area contributed by atoms with Gasteiger partial charge in [-0.25, -0.2) is 4.79 Å². The van der Waals surface area contributed by atoms with Crippen LogP contribution in [-0.4, -0.2) is 80.3 Å². The van der Waals surface area contributed by atoms with E-state index in [1.165, 1.54) is 12.1 Å². The Hall–Kier alpha value is -6.45. The first-order valence-electron chi connectivity index (χ1n) is 16.6. The van der Waals surface area contributed by atoms with Crippen molar-refractivity contribution in [3.8, 4) is 5.75 Å². The lowest BCUT2D eigenvalue weighted by molar-refractivity contribution is -0.129. The molecule has 52 heavy (non-hydrogen) atoms. The van der Waals surface area contributed by atoms with Crippen LogP contribution in [0.5, 0.6) is 5.75 Å². The third-order valence-electron chi connectivity index (χ3n) is 7.54. The number of carbonyl (C=O) groups is 7. The van der Waals surface area contributed by atoms with Crippen molar-refractivity contribution < 1.29 is 43.0 Å². The predicted octanol–water partition coefficient (Wildman–Crippen LogP) is 0.878. The first kappa shape index (κ1) is 38.4. The van der Waals surface area contributed by atoms with E-state index in [9.17, 15) is 33.6 Å². The third kappa shape index (κ3) is 13.5. The van der Waals surface area contributed by atoms with E-state index in [2.05, 4.69) is 37.2 Å². The fourth-order valence-corrected chi connectivity index (χ4v) is 4.81. The molecule has 1 heterocycles. The molecular formula is C36H41N7O9. The second-order valence-electron chi connectivity index (χ2n) is 11.6. The van der Waals surface area contributed by atoms with Crippen molar-refractivity contribution in [1.82, 2.24) is 31.9 Å². The third-order valence-corrected chi connectivity index (χ3v) is 7.54. The van der Waals surface area contributed by atoms with E-state index in [-0.39, 0.29) is 37.4 Å². The first-order valence-corrected chi connectivity index (χ1v) is 16.6. The molecule has 0 aromatic heterocycles. The van der Waals surface area contributed by atoms with Crippen molar-refractivity contribution in [2.24, 2.45) is 0 Å². The summed E-state index contributed by atoms with van der Waals surface area (Å²) in [6.45, 7) is -1.46. The summed E-state index contributed by atoms with van der Waals surface area (Å²) >= 11 is 0. The Morgan fingerprint density at radius 3 is 1.96 bits per heavy atom. The van der Waals surface area contributed by atoms with Gasteiger partial charge in [0.25, 0.3) is 5.91 Å². The number of alkyl carbamates (subject to hydrolysis) is 1. The van der Waals surface area contributed by atoms with Crippen molar-refractivity contribution >= 4 is 47.2 Å². The zero-order valence-corrected chi connectivity index (χ0v) is 28.3. The van der Waals surface area contributed by atoms with Gasteiger partial charge in [-0.15, -0.1) is 0 Å². The number of para-hydroxylation sites is 1. The van der Waals surface area contributed by atoms with E-state index in [1.807, 2.05) is 48.5 Å². The Morgan fingerprint density at radius 1 is 0.673 bits per heavy atom. The van der Waals surface area contributed by atoms with Gasteiger partial charge in [0.2, 0.25) is 29.5 Å². The fourth-order valence-electron chi connectivity index (χ4n) is 4.81. The lowest BCUT2D eigenvalue weighted by atomic mass is 10.1. The first-order chi connectivity index (χ1) is 25.2. The van der Waals surface area contributed by atoms with Crippen molar-refractivity contribution in [2.75, 3.05) is 38.0 Å². The number of amides is 7. The minimum absolute atomic E-state index is 0.0153. The second-order valence-corrected chi connectivity index (χ2v) is 11.6. The minimum atomic E-state index is -1.11. The standard InChI is InChI=1S/C36H41N7O9/c44-30-18-39-32(46)20-41-34(48)27-17-25(23-51-26-11-5-2-6-12-26)14-15-28(27)43-35(49)29(42-33(47)21-40-31(45)19-38-30)13-7-8-16-37-36(50)52-22-24-9-3-1-4-10-24/h1-6,9-12,14-15,17,29H,7-8,13,16,18-23H2,(H,37,50)(H,38,44)(H,39,46)(H,40,45)(H,41,48)(H,42,47)(H,43,49)/t29-/m0/s1. The van der Waals surface area contributed by atoms with Gasteiger partial charge in [-0.05, 0) is 54.7 Å². The number of ether oxygens (including phenoxy) is 2. The summed E-state index contributed by atoms with van der Waals surface area (Å²) in [6, 6.07) is 21.8. The van der Waals surface area contributed by atoms with E-state index in [0.717, 1.165) is 5.56 Å². The van der Waals surface area contributed by atoms with Crippen LogP contribution in [0, 0.1) is 0 Å². The smallest absolute Gasteiger partial charge is 0.407 e. The van der Waals surface area contributed by atoms with Gasteiger partial charge >= 0.3 is 6.09 Å². The van der Waals surface area contributed by atoms with Crippen molar-refractivity contribution in [2.45, 2.75) is 38.5 Å². The SMILES string of the molecule is O=C1CNC(=O)CNC(=O)c2cc(COc3ccccc3)ccc2NC(=O)[C@H](CCCCNC(=O)OCc2ccccc2)NC(=O)CNC(=O)CN1. The zero-order valence-electron chi connectivity index (χ0n) is 28.3. The topological polar surface area (TPSA) is 222 Å². The van der Waals surface area contributed by atoms with Crippen LogP contribution >= 0.6 is 0 Å². The molecule has 0 radical (unpaired) electrons. The van der Waals surface area contributed by atoms with Gasteiger partial charge in [-0.3, -0.25) is 28.8 Å². The second kappa shape index (κ2) is 20.3. The van der Waals surface area contributed by atoms with Crippen LogP contribution in [0.4, 0.5) is 10.5 Å². The van der Waals surface area contributed by atoms with Crippen LogP contribution in [0.1, 0.15) is 40.7 Å². The Bertz CT molecular complexity index is 1720. The number of anilines is 1. The average Bonchev–Trinajstić information content (AvgIpc) is 3.16. The van der Waals surface area contributed by atoms with Crippen LogP contribution < -0.4 is 42.0 Å². The molecule has 0 saturated carbocycles. The summed E-state index contributed by atoms with van der Waals surface area (Å²) in [5.41, 5.74) is 1.53. The fraction of sp³-hybridized carbons (Fsp3) is 0.306. The summed E-state index contributed by atoms with van der Waals surface area (Å²) in [7, 11) is 0. The zero-order chi connectivity index (χ0) is 37.1. The molecule has 7 amide bonds. The van der Waals surface area contributed by atoms with Gasteiger partial charge in [0, 0.05) is 6.54 Å². The highest BCUT2D eigenvalue weighted by Crippen LogP contribution is 2.21. The molecule has 274 valence electrons. The van der Waals surface area contributed by atoms with Gasteiger partial charge in [0.05, 0.1) is 37.4 Å². The molecule has 0 unspecified atom stereocenters. The highest BCUT2D eigenvalue weighted by Gasteiger charge is 2.24. The molecule has 1 aliphatic heterocycles. The van der Waals surface area contributed by atoms with Gasteiger partial charge in [-0.1, -0.05) is 54.6 Å². The maximum Gasteiger partial charge on any atom is 0.407 e. The summed E-state index contributed by atoms with van der Waals surface area (Å²) in [5, 5.41) is 17.5. The Morgan fingerprint density at radius 2 is 1.29 bits per heavy atom. The maximum absolute atomic E-state index is 13.6. The quantitative estimate of drug-likeness (QED) is 0.148. The van der Waals surface area contributed by atoms with E-state index in [1.54, 1.807) is 18.2 Å². The van der Waals surface area contributed by atoms with Crippen LogP contribution in [0.15, 0.2) is 78.9 Å². The number of fused-ring (bicyclic) bond motifs is 1. The number of rotatable bonds is 10. The lowest BCUT2D eigenvalue weighted by Gasteiger charge is -2.20. The predicted molar refractivity (Wildman–Crippen MR) is 188 cm³/mol. The number of hydrogen-bond acceptors (Lipinski definition) is 9. The largest absolute Gasteiger partial charge is 0.489 e. The van der Waals surface area contributed by atoms with Crippen molar-refractivity contribution in [1.29, 1.82) is 0 Å². The molecule has 0 bridgehead atoms. The van der Waals surface area contributed by atoms with Gasteiger partial charge in [-0.2, -0.15) is 0 Å². The highest BCUT2D eigenvalue weighted by atomic mass is 16.5. The molecule has 7 N–H and O–H groups in total. The summed E-state index contributed by atoms with van der Waals surface area (Å²) < 4.78 is 11.0. The molecule has 0 saturated heterocycles. The van der Waals surface area contributed by atoms with Crippen LogP contribution in [0.2, 0.25) is 0 Å². The maximum atomic E-state index is 13.6. The van der Waals surface area contributed by atoms with Gasteiger partial charge in [0.15, 0.2) is 0 Å². The molecule has 0 spiro atoms. The summed E-state index contributed by atoms with van der Waals surface area (Å²) in [4.78, 5) is 88.6. The molecule has 3 aromatic carbocycles. The molecular weight excluding hydrogens is 674 g/mol. The van der Waals surface area contributed by atoms with Crippen molar-refractivity contribution in [3.05, 3.63) is 95.6 Å². The number of nitrogens with one attached hydrogen (secondary N) is 7. The number of carbonyl (C=O) groups excluding carboxylic acids is 7. The van der Waals surface area contributed by atoms with E-state index in [0.29, 0.717) is 24.2 Å².